The summed E-state index contributed by atoms with van der Waals surface area (Å²) in [6.45, 7) is 4.40. The number of ether oxygens (including phenoxy) is 1. The van der Waals surface area contributed by atoms with Crippen LogP contribution in [0.4, 0.5) is 0 Å². The van der Waals surface area contributed by atoms with E-state index in [2.05, 4.69) is 32.0 Å². The molecule has 0 radical (unpaired) electrons. The lowest BCUT2D eigenvalue weighted by atomic mass is 10.0. The molecule has 0 bridgehead atoms. The molecule has 0 atom stereocenters. The molecule has 0 fully saturated rings. The van der Waals surface area contributed by atoms with Crippen LogP contribution in [-0.4, -0.2) is 7.11 Å². The van der Waals surface area contributed by atoms with E-state index in [0.29, 0.717) is 0 Å². The molecule has 1 aromatic rings. The quantitative estimate of drug-likeness (QED) is 0.692. The predicted molar refractivity (Wildman–Crippen MR) is 61.0 cm³/mol. The highest BCUT2D eigenvalue weighted by molar-refractivity contribution is 5.41. The number of aryl methyl sites for hydroxylation is 2. The first kappa shape index (κ1) is 11.1. The van der Waals surface area contributed by atoms with Gasteiger partial charge >= 0.3 is 0 Å². The molecule has 78 valence electrons. The number of methoxy groups -OCH3 is 1. The summed E-state index contributed by atoms with van der Waals surface area (Å²) in [6, 6.07) is 6.47. The first-order chi connectivity index (χ1) is 6.83. The molecule has 0 amide bonds. The van der Waals surface area contributed by atoms with Gasteiger partial charge in [0.25, 0.3) is 0 Å². The highest BCUT2D eigenvalue weighted by atomic mass is 16.5. The summed E-state index contributed by atoms with van der Waals surface area (Å²) in [5.41, 5.74) is 2.70. The Hall–Kier alpha value is -0.980. The zero-order valence-electron chi connectivity index (χ0n) is 9.47. The maximum atomic E-state index is 5.48. The summed E-state index contributed by atoms with van der Waals surface area (Å²) in [4.78, 5) is 0. The lowest BCUT2D eigenvalue weighted by molar-refractivity contribution is 0.404. The van der Waals surface area contributed by atoms with E-state index in [-0.39, 0.29) is 0 Å². The first-order valence-corrected chi connectivity index (χ1v) is 5.48. The molecule has 1 rings (SSSR count). The Morgan fingerprint density at radius 1 is 1.00 bits per heavy atom. The van der Waals surface area contributed by atoms with Crippen molar-refractivity contribution in [2.75, 3.05) is 7.11 Å². The summed E-state index contributed by atoms with van der Waals surface area (Å²) in [7, 11) is 1.77. The van der Waals surface area contributed by atoms with Gasteiger partial charge < -0.3 is 4.74 Å². The van der Waals surface area contributed by atoms with Crippen LogP contribution in [0.25, 0.3) is 0 Å². The molecule has 1 nitrogen and oxygen atoms in total. The van der Waals surface area contributed by atoms with E-state index in [4.69, 9.17) is 4.74 Å². The molecule has 0 N–H and O–H groups in total. The van der Waals surface area contributed by atoms with Crippen LogP contribution >= 0.6 is 0 Å². The fourth-order valence-corrected chi connectivity index (χ4v) is 1.83. The fraction of sp³-hybridized carbons (Fsp3) is 0.538. The second-order valence-corrected chi connectivity index (χ2v) is 3.61. The van der Waals surface area contributed by atoms with Crippen molar-refractivity contribution in [1.29, 1.82) is 0 Å². The summed E-state index contributed by atoms with van der Waals surface area (Å²) in [6.07, 6.45) is 4.57. The normalized spacial score (nSPS) is 10.2. The Balaban J connectivity index is 2.98. The molecule has 0 aliphatic rings. The van der Waals surface area contributed by atoms with Crippen molar-refractivity contribution in [3.8, 4) is 5.75 Å². The molecule has 0 saturated carbocycles. The second-order valence-electron chi connectivity index (χ2n) is 3.61. The Morgan fingerprint density at radius 3 is 1.86 bits per heavy atom. The van der Waals surface area contributed by atoms with E-state index in [1.807, 2.05) is 0 Å². The fourth-order valence-electron chi connectivity index (χ4n) is 1.83. The van der Waals surface area contributed by atoms with Crippen LogP contribution in [0.15, 0.2) is 18.2 Å². The Bertz CT molecular complexity index is 254. The van der Waals surface area contributed by atoms with Gasteiger partial charge in [-0.25, -0.2) is 0 Å². The summed E-state index contributed by atoms with van der Waals surface area (Å²) in [5.74, 6) is 1.11. The number of hydrogen-bond donors (Lipinski definition) is 0. The summed E-state index contributed by atoms with van der Waals surface area (Å²) in [5, 5.41) is 0. The molecule has 1 heteroatoms. The number of para-hydroxylation sites is 1. The first-order valence-electron chi connectivity index (χ1n) is 5.48. The summed E-state index contributed by atoms with van der Waals surface area (Å²) < 4.78 is 5.48. The van der Waals surface area contributed by atoms with Gasteiger partial charge in [-0.2, -0.15) is 0 Å². The smallest absolute Gasteiger partial charge is 0.125 e. The Morgan fingerprint density at radius 2 is 1.50 bits per heavy atom. The van der Waals surface area contributed by atoms with Crippen molar-refractivity contribution in [3.05, 3.63) is 29.3 Å². The Labute approximate surface area is 87.1 Å². The third-order valence-electron chi connectivity index (χ3n) is 2.42. The Kier molecular flexibility index (Phi) is 4.51. The standard InChI is InChI=1S/C13H20O/c1-4-7-11-9-6-10-12(8-5-2)13(11)14-3/h6,9-10H,4-5,7-8H2,1-3H3. The van der Waals surface area contributed by atoms with Crippen molar-refractivity contribution in [3.63, 3.8) is 0 Å². The van der Waals surface area contributed by atoms with Gasteiger partial charge in [0.1, 0.15) is 5.75 Å². The van der Waals surface area contributed by atoms with E-state index >= 15 is 0 Å². The van der Waals surface area contributed by atoms with E-state index in [9.17, 15) is 0 Å². The van der Waals surface area contributed by atoms with Crippen LogP contribution in [0.3, 0.4) is 0 Å². The van der Waals surface area contributed by atoms with Crippen LogP contribution in [0.5, 0.6) is 5.75 Å². The molecule has 0 saturated heterocycles. The van der Waals surface area contributed by atoms with Gasteiger partial charge in [-0.3, -0.25) is 0 Å². The lowest BCUT2D eigenvalue weighted by Gasteiger charge is -2.12. The van der Waals surface area contributed by atoms with Crippen molar-refractivity contribution < 1.29 is 4.74 Å². The molecule has 0 spiro atoms. The largest absolute Gasteiger partial charge is 0.496 e. The van der Waals surface area contributed by atoms with Gasteiger partial charge in [-0.1, -0.05) is 44.9 Å². The minimum atomic E-state index is 1.11. The van der Waals surface area contributed by atoms with Gasteiger partial charge in [-0.15, -0.1) is 0 Å². The van der Waals surface area contributed by atoms with E-state index < -0.39 is 0 Å². The molecular weight excluding hydrogens is 172 g/mol. The van der Waals surface area contributed by atoms with E-state index in [1.165, 1.54) is 24.0 Å². The number of rotatable bonds is 5. The molecule has 1 aromatic carbocycles. The zero-order valence-corrected chi connectivity index (χ0v) is 9.47. The van der Waals surface area contributed by atoms with Gasteiger partial charge in [-0.05, 0) is 24.0 Å². The average molecular weight is 192 g/mol. The van der Waals surface area contributed by atoms with Crippen LogP contribution in [0.2, 0.25) is 0 Å². The molecule has 0 aliphatic carbocycles. The molecular formula is C13H20O. The molecule has 0 aromatic heterocycles. The van der Waals surface area contributed by atoms with Crippen molar-refractivity contribution in [2.45, 2.75) is 39.5 Å². The predicted octanol–water partition coefficient (Wildman–Crippen LogP) is 3.60. The average Bonchev–Trinajstić information content (AvgIpc) is 2.19. The lowest BCUT2D eigenvalue weighted by Crippen LogP contribution is -1.97. The summed E-state index contributed by atoms with van der Waals surface area (Å²) >= 11 is 0. The minimum absolute atomic E-state index is 1.11. The highest BCUT2D eigenvalue weighted by Gasteiger charge is 2.06. The van der Waals surface area contributed by atoms with Crippen molar-refractivity contribution >= 4 is 0 Å². The van der Waals surface area contributed by atoms with Crippen molar-refractivity contribution in [2.24, 2.45) is 0 Å². The van der Waals surface area contributed by atoms with Crippen LogP contribution in [-0.2, 0) is 12.8 Å². The van der Waals surface area contributed by atoms with Crippen LogP contribution in [0.1, 0.15) is 37.8 Å². The number of hydrogen-bond acceptors (Lipinski definition) is 1. The molecule has 14 heavy (non-hydrogen) atoms. The van der Waals surface area contributed by atoms with Crippen LogP contribution < -0.4 is 4.74 Å². The zero-order chi connectivity index (χ0) is 10.4. The second kappa shape index (κ2) is 5.69. The van der Waals surface area contributed by atoms with E-state index in [1.54, 1.807) is 7.11 Å². The van der Waals surface area contributed by atoms with E-state index in [0.717, 1.165) is 18.6 Å². The minimum Gasteiger partial charge on any atom is -0.496 e. The van der Waals surface area contributed by atoms with Crippen molar-refractivity contribution in [1.82, 2.24) is 0 Å². The number of benzene rings is 1. The third kappa shape index (κ3) is 2.50. The van der Waals surface area contributed by atoms with Gasteiger partial charge in [0, 0.05) is 0 Å². The third-order valence-corrected chi connectivity index (χ3v) is 2.42. The SMILES string of the molecule is CCCc1cccc(CCC)c1OC. The van der Waals surface area contributed by atoms with Gasteiger partial charge in [0.05, 0.1) is 7.11 Å². The van der Waals surface area contributed by atoms with Crippen LogP contribution in [0, 0.1) is 0 Å². The maximum Gasteiger partial charge on any atom is 0.125 e. The van der Waals surface area contributed by atoms with Gasteiger partial charge in [0.2, 0.25) is 0 Å². The van der Waals surface area contributed by atoms with Gasteiger partial charge in [0.15, 0.2) is 0 Å². The monoisotopic (exact) mass is 192 g/mol. The molecule has 0 heterocycles. The highest BCUT2D eigenvalue weighted by Crippen LogP contribution is 2.25. The molecule has 0 unspecified atom stereocenters. The topological polar surface area (TPSA) is 9.23 Å². The molecule has 0 aliphatic heterocycles. The maximum absolute atomic E-state index is 5.48.